The second-order valence-electron chi connectivity index (χ2n) is 6.98. The number of aromatic nitrogens is 8. The molecule has 148 valence electrons. The largest absolute Gasteiger partial charge is 0.378 e. The minimum Gasteiger partial charge on any atom is -0.378 e. The molecule has 0 amide bonds. The molecule has 0 saturated carbocycles. The van der Waals surface area contributed by atoms with Gasteiger partial charge >= 0.3 is 0 Å². The average Bonchev–Trinajstić information content (AvgIpc) is 3.49. The number of hydrogen-bond acceptors (Lipinski definition) is 9. The number of aromatic amines is 1. The van der Waals surface area contributed by atoms with Gasteiger partial charge in [0.15, 0.2) is 17.3 Å². The first-order chi connectivity index (χ1) is 14.3. The van der Waals surface area contributed by atoms with E-state index in [1.165, 1.54) is 19.3 Å². The minimum absolute atomic E-state index is 0.156. The van der Waals surface area contributed by atoms with Gasteiger partial charge in [-0.15, -0.1) is 5.10 Å². The van der Waals surface area contributed by atoms with Crippen LogP contribution in [0.1, 0.15) is 25.0 Å². The Kier molecular flexibility index (Phi) is 4.48. The summed E-state index contributed by atoms with van der Waals surface area (Å²) in [5.41, 5.74) is 8.23. The van der Waals surface area contributed by atoms with E-state index in [0.717, 1.165) is 24.3 Å². The third-order valence-corrected chi connectivity index (χ3v) is 5.02. The van der Waals surface area contributed by atoms with Crippen molar-refractivity contribution >= 4 is 5.82 Å². The fourth-order valence-electron chi connectivity index (χ4n) is 3.55. The Hall–Kier alpha value is -3.60. The molecule has 3 N–H and O–H groups in total. The van der Waals surface area contributed by atoms with Gasteiger partial charge in [0.2, 0.25) is 11.6 Å². The molecule has 0 spiro atoms. The summed E-state index contributed by atoms with van der Waals surface area (Å²) in [6.07, 6.45) is 3.60. The standard InChI is InChI=1S/C18H20N10O/c19-15-18(25-29-24-15)28-13(11-27-9-5-2-6-10-27)14(21-26-28)17-20-16(22-23-17)12-7-3-1-4-8-12/h1,3-4,7-8H,2,5-6,9-11H2,(H2,19,24)(H,20,22,23). The SMILES string of the molecule is Nc1nonc1-n1nnc(-c2nc(-c3ccccc3)n[nH]2)c1CN1CCCCC1. The quantitative estimate of drug-likeness (QED) is 0.519. The molecule has 11 heteroatoms. The average molecular weight is 392 g/mol. The monoisotopic (exact) mass is 392 g/mol. The maximum absolute atomic E-state index is 5.90. The molecule has 4 aromatic rings. The van der Waals surface area contributed by atoms with Gasteiger partial charge in [0.25, 0.3) is 0 Å². The van der Waals surface area contributed by atoms with E-state index in [-0.39, 0.29) is 5.82 Å². The zero-order chi connectivity index (χ0) is 19.6. The molecule has 0 unspecified atom stereocenters. The van der Waals surface area contributed by atoms with Crippen molar-refractivity contribution < 1.29 is 4.63 Å². The third kappa shape index (κ3) is 3.36. The molecule has 0 bridgehead atoms. The van der Waals surface area contributed by atoms with Crippen LogP contribution in [0.3, 0.4) is 0 Å². The number of nitrogen functional groups attached to an aromatic ring is 1. The maximum Gasteiger partial charge on any atom is 0.243 e. The number of likely N-dealkylation sites (tertiary alicyclic amines) is 1. The minimum atomic E-state index is 0.156. The first kappa shape index (κ1) is 17.5. The molecule has 1 aliphatic heterocycles. The van der Waals surface area contributed by atoms with Crippen molar-refractivity contribution in [3.05, 3.63) is 36.0 Å². The van der Waals surface area contributed by atoms with E-state index >= 15 is 0 Å². The maximum atomic E-state index is 5.90. The van der Waals surface area contributed by atoms with E-state index in [4.69, 9.17) is 10.4 Å². The molecule has 11 nitrogen and oxygen atoms in total. The number of anilines is 1. The van der Waals surface area contributed by atoms with E-state index in [2.05, 4.69) is 40.7 Å². The highest BCUT2D eigenvalue weighted by Crippen LogP contribution is 2.26. The van der Waals surface area contributed by atoms with Gasteiger partial charge in [0.05, 0.1) is 5.69 Å². The lowest BCUT2D eigenvalue weighted by Gasteiger charge is -2.26. The summed E-state index contributed by atoms with van der Waals surface area (Å²) in [5.74, 6) is 1.61. The van der Waals surface area contributed by atoms with E-state index < -0.39 is 0 Å². The van der Waals surface area contributed by atoms with Crippen LogP contribution in [0.4, 0.5) is 5.82 Å². The molecule has 1 saturated heterocycles. The zero-order valence-electron chi connectivity index (χ0n) is 15.7. The fourth-order valence-corrected chi connectivity index (χ4v) is 3.55. The van der Waals surface area contributed by atoms with Gasteiger partial charge in [-0.05, 0) is 36.2 Å². The smallest absolute Gasteiger partial charge is 0.243 e. The van der Waals surface area contributed by atoms with Crippen LogP contribution in [0, 0.1) is 0 Å². The fraction of sp³-hybridized carbons (Fsp3) is 0.333. The van der Waals surface area contributed by atoms with Gasteiger partial charge < -0.3 is 5.73 Å². The summed E-state index contributed by atoms with van der Waals surface area (Å²) < 4.78 is 6.33. The van der Waals surface area contributed by atoms with Gasteiger partial charge in [0.1, 0.15) is 0 Å². The summed E-state index contributed by atoms with van der Waals surface area (Å²) in [6.45, 7) is 2.67. The molecule has 4 heterocycles. The molecule has 1 aromatic carbocycles. The van der Waals surface area contributed by atoms with E-state index in [1.807, 2.05) is 30.3 Å². The molecule has 29 heavy (non-hydrogen) atoms. The van der Waals surface area contributed by atoms with Gasteiger partial charge in [-0.3, -0.25) is 10.00 Å². The Bertz CT molecular complexity index is 1090. The molecule has 5 rings (SSSR count). The number of hydrogen-bond donors (Lipinski definition) is 2. The number of rotatable bonds is 5. The predicted molar refractivity (Wildman–Crippen MR) is 104 cm³/mol. The molecular weight excluding hydrogens is 372 g/mol. The second kappa shape index (κ2) is 7.43. The number of nitrogens with two attached hydrogens (primary N) is 1. The van der Waals surface area contributed by atoms with Gasteiger partial charge in [-0.1, -0.05) is 42.0 Å². The number of piperidine rings is 1. The molecule has 3 aromatic heterocycles. The Morgan fingerprint density at radius 2 is 1.90 bits per heavy atom. The zero-order valence-corrected chi connectivity index (χ0v) is 15.7. The van der Waals surface area contributed by atoms with Gasteiger partial charge in [-0.25, -0.2) is 9.61 Å². The summed E-state index contributed by atoms with van der Waals surface area (Å²) in [5, 5.41) is 23.5. The van der Waals surface area contributed by atoms with Gasteiger partial charge in [0, 0.05) is 12.1 Å². The molecule has 0 atom stereocenters. The van der Waals surface area contributed by atoms with Crippen LogP contribution in [-0.4, -0.2) is 58.5 Å². The van der Waals surface area contributed by atoms with E-state index in [0.29, 0.717) is 29.7 Å². The van der Waals surface area contributed by atoms with Crippen LogP contribution in [-0.2, 0) is 6.54 Å². The molecule has 1 aliphatic rings. The molecule has 0 radical (unpaired) electrons. The second-order valence-corrected chi connectivity index (χ2v) is 6.98. The highest BCUT2D eigenvalue weighted by Gasteiger charge is 2.25. The number of benzene rings is 1. The Morgan fingerprint density at radius 1 is 1.07 bits per heavy atom. The van der Waals surface area contributed by atoms with E-state index in [1.54, 1.807) is 4.68 Å². The van der Waals surface area contributed by atoms with Crippen LogP contribution in [0.25, 0.3) is 28.7 Å². The van der Waals surface area contributed by atoms with Crippen LogP contribution in [0.15, 0.2) is 35.0 Å². The van der Waals surface area contributed by atoms with Crippen molar-refractivity contribution in [3.63, 3.8) is 0 Å². The molecular formula is C18H20N10O. The lowest BCUT2D eigenvalue weighted by atomic mass is 10.1. The van der Waals surface area contributed by atoms with Crippen molar-refractivity contribution in [2.24, 2.45) is 0 Å². The Balaban J connectivity index is 1.55. The highest BCUT2D eigenvalue weighted by atomic mass is 16.6. The van der Waals surface area contributed by atoms with Crippen molar-refractivity contribution in [1.82, 2.24) is 45.4 Å². The highest BCUT2D eigenvalue weighted by molar-refractivity contribution is 5.61. The summed E-state index contributed by atoms with van der Waals surface area (Å²) in [6, 6.07) is 9.77. The van der Waals surface area contributed by atoms with E-state index in [9.17, 15) is 0 Å². The molecule has 0 aliphatic carbocycles. The predicted octanol–water partition coefficient (Wildman–Crippen LogP) is 1.67. The first-order valence-corrected chi connectivity index (χ1v) is 9.53. The van der Waals surface area contributed by atoms with Gasteiger partial charge in [-0.2, -0.15) is 9.78 Å². The topological polar surface area (TPSA) is 140 Å². The normalized spacial score (nSPS) is 15.0. The van der Waals surface area contributed by atoms with Crippen molar-refractivity contribution in [3.8, 4) is 28.7 Å². The lowest BCUT2D eigenvalue weighted by Crippen LogP contribution is -2.30. The Morgan fingerprint density at radius 3 is 2.66 bits per heavy atom. The summed E-state index contributed by atoms with van der Waals surface area (Å²) in [4.78, 5) is 6.99. The van der Waals surface area contributed by atoms with Crippen molar-refractivity contribution in [2.45, 2.75) is 25.8 Å². The third-order valence-electron chi connectivity index (χ3n) is 5.02. The number of nitrogens with one attached hydrogen (secondary N) is 1. The van der Waals surface area contributed by atoms with Crippen molar-refractivity contribution in [2.75, 3.05) is 18.8 Å². The van der Waals surface area contributed by atoms with Crippen LogP contribution in [0.2, 0.25) is 0 Å². The number of H-pyrrole nitrogens is 1. The van der Waals surface area contributed by atoms with Crippen LogP contribution >= 0.6 is 0 Å². The summed E-state index contributed by atoms with van der Waals surface area (Å²) in [7, 11) is 0. The van der Waals surface area contributed by atoms with Crippen LogP contribution in [0.5, 0.6) is 0 Å². The van der Waals surface area contributed by atoms with Crippen LogP contribution < -0.4 is 5.73 Å². The van der Waals surface area contributed by atoms with Crippen molar-refractivity contribution in [1.29, 1.82) is 0 Å². The summed E-state index contributed by atoms with van der Waals surface area (Å²) >= 11 is 0. The first-order valence-electron chi connectivity index (χ1n) is 9.53. The number of nitrogens with zero attached hydrogens (tertiary/aromatic N) is 8. The Labute approximate surface area is 165 Å². The molecule has 1 fully saturated rings. The lowest BCUT2D eigenvalue weighted by molar-refractivity contribution is 0.217.